The molecule has 3 rings (SSSR count). The second-order valence-corrected chi connectivity index (χ2v) is 5.90. The molecule has 4 heteroatoms. The highest BCUT2D eigenvalue weighted by molar-refractivity contribution is 6.31. The lowest BCUT2D eigenvalue weighted by atomic mass is 10.1. The minimum atomic E-state index is -0.0815. The fourth-order valence-corrected chi connectivity index (χ4v) is 3.12. The minimum Gasteiger partial charge on any atom is -0.393 e. The Morgan fingerprint density at radius 1 is 1.37 bits per heavy atom. The van der Waals surface area contributed by atoms with Crippen LogP contribution in [-0.4, -0.2) is 22.7 Å². The van der Waals surface area contributed by atoms with E-state index in [-0.39, 0.29) is 6.10 Å². The molecule has 1 heterocycles. The number of H-pyrrole nitrogens is 1. The van der Waals surface area contributed by atoms with Gasteiger partial charge in [0.2, 0.25) is 0 Å². The van der Waals surface area contributed by atoms with Crippen LogP contribution in [0, 0.1) is 5.92 Å². The molecule has 1 aliphatic carbocycles. The summed E-state index contributed by atoms with van der Waals surface area (Å²) in [7, 11) is 0. The van der Waals surface area contributed by atoms with Crippen LogP contribution in [0.5, 0.6) is 0 Å². The summed E-state index contributed by atoms with van der Waals surface area (Å²) in [6.45, 7) is 1.84. The number of halogens is 1. The number of aliphatic hydroxyl groups excluding tert-OH is 1. The summed E-state index contributed by atoms with van der Waals surface area (Å²) in [4.78, 5) is 3.25. The molecular formula is C15H19ClN2O. The van der Waals surface area contributed by atoms with Crippen molar-refractivity contribution >= 4 is 22.5 Å². The van der Waals surface area contributed by atoms with Crippen LogP contribution in [0.2, 0.25) is 5.02 Å². The zero-order valence-electron chi connectivity index (χ0n) is 10.8. The van der Waals surface area contributed by atoms with Crippen molar-refractivity contribution in [3.05, 3.63) is 35.0 Å². The molecule has 1 aromatic heterocycles. The molecule has 1 aliphatic rings. The highest BCUT2D eigenvalue weighted by Gasteiger charge is 2.22. The summed E-state index contributed by atoms with van der Waals surface area (Å²) in [5, 5.41) is 15.0. The van der Waals surface area contributed by atoms with Crippen LogP contribution in [0.15, 0.2) is 24.4 Å². The molecule has 2 unspecified atom stereocenters. The molecule has 102 valence electrons. The second kappa shape index (κ2) is 5.53. The Morgan fingerprint density at radius 2 is 2.26 bits per heavy atom. The van der Waals surface area contributed by atoms with Crippen LogP contribution >= 0.6 is 11.6 Å². The van der Waals surface area contributed by atoms with Gasteiger partial charge in [-0.3, -0.25) is 0 Å². The van der Waals surface area contributed by atoms with Crippen molar-refractivity contribution in [1.29, 1.82) is 0 Å². The summed E-state index contributed by atoms with van der Waals surface area (Å²) < 4.78 is 0. The summed E-state index contributed by atoms with van der Waals surface area (Å²) in [5.41, 5.74) is 2.35. The Morgan fingerprint density at radius 3 is 3.05 bits per heavy atom. The zero-order valence-corrected chi connectivity index (χ0v) is 11.6. The lowest BCUT2D eigenvalue weighted by molar-refractivity contribution is 0.177. The van der Waals surface area contributed by atoms with Crippen molar-refractivity contribution < 1.29 is 5.11 Å². The Balaban J connectivity index is 1.59. The van der Waals surface area contributed by atoms with Crippen molar-refractivity contribution in [2.24, 2.45) is 5.92 Å². The molecule has 2 atom stereocenters. The zero-order chi connectivity index (χ0) is 13.2. The van der Waals surface area contributed by atoms with Gasteiger partial charge in [0.1, 0.15) is 0 Å². The van der Waals surface area contributed by atoms with Gasteiger partial charge in [-0.15, -0.1) is 0 Å². The Bertz CT molecular complexity index is 566. The van der Waals surface area contributed by atoms with Gasteiger partial charge in [-0.1, -0.05) is 17.7 Å². The van der Waals surface area contributed by atoms with Crippen molar-refractivity contribution in [2.45, 2.75) is 31.9 Å². The highest BCUT2D eigenvalue weighted by Crippen LogP contribution is 2.25. The molecule has 2 aromatic rings. The molecule has 0 amide bonds. The van der Waals surface area contributed by atoms with Crippen LogP contribution < -0.4 is 5.32 Å². The number of fused-ring (bicyclic) bond motifs is 1. The summed E-state index contributed by atoms with van der Waals surface area (Å²) >= 11 is 5.97. The van der Waals surface area contributed by atoms with Gasteiger partial charge in [0.15, 0.2) is 0 Å². The number of nitrogens with one attached hydrogen (secondary N) is 2. The molecule has 0 saturated heterocycles. The average Bonchev–Trinajstić information content (AvgIpc) is 2.96. The van der Waals surface area contributed by atoms with E-state index >= 15 is 0 Å². The van der Waals surface area contributed by atoms with Gasteiger partial charge in [0, 0.05) is 28.7 Å². The third-order valence-electron chi connectivity index (χ3n) is 3.99. The van der Waals surface area contributed by atoms with Crippen LogP contribution in [0.4, 0.5) is 0 Å². The summed E-state index contributed by atoms with van der Waals surface area (Å²) in [6.07, 6.45) is 4.99. The van der Waals surface area contributed by atoms with Crippen molar-refractivity contribution in [3.63, 3.8) is 0 Å². The predicted octanol–water partition coefficient (Wildman–Crippen LogP) is 3.07. The predicted molar refractivity (Wildman–Crippen MR) is 78.4 cm³/mol. The van der Waals surface area contributed by atoms with E-state index in [2.05, 4.69) is 16.4 Å². The maximum absolute atomic E-state index is 9.50. The number of aliphatic hydroxyl groups is 1. The van der Waals surface area contributed by atoms with Gasteiger partial charge >= 0.3 is 0 Å². The third kappa shape index (κ3) is 2.94. The number of hydrogen-bond donors (Lipinski definition) is 3. The normalized spacial score (nSPS) is 23.3. The summed E-state index contributed by atoms with van der Waals surface area (Å²) in [5.74, 6) is 0.620. The molecular weight excluding hydrogens is 260 g/mol. The number of aromatic amines is 1. The van der Waals surface area contributed by atoms with E-state index < -0.39 is 0 Å². The van der Waals surface area contributed by atoms with Gasteiger partial charge in [0.05, 0.1) is 6.10 Å². The van der Waals surface area contributed by atoms with E-state index in [0.29, 0.717) is 5.92 Å². The molecule has 1 saturated carbocycles. The van der Waals surface area contributed by atoms with E-state index in [1.54, 1.807) is 0 Å². The third-order valence-corrected chi connectivity index (χ3v) is 4.23. The Labute approximate surface area is 118 Å². The number of benzene rings is 1. The highest BCUT2D eigenvalue weighted by atomic mass is 35.5. The van der Waals surface area contributed by atoms with Crippen molar-refractivity contribution in [2.75, 3.05) is 6.54 Å². The molecule has 0 spiro atoms. The maximum atomic E-state index is 9.50. The fraction of sp³-hybridized carbons (Fsp3) is 0.467. The molecule has 0 radical (unpaired) electrons. The average molecular weight is 279 g/mol. The van der Waals surface area contributed by atoms with Gasteiger partial charge in [-0.25, -0.2) is 0 Å². The lowest BCUT2D eigenvalue weighted by Crippen LogP contribution is -2.21. The number of aromatic nitrogens is 1. The molecule has 19 heavy (non-hydrogen) atoms. The molecule has 3 nitrogen and oxygen atoms in total. The van der Waals surface area contributed by atoms with Crippen molar-refractivity contribution in [3.8, 4) is 0 Å². The van der Waals surface area contributed by atoms with Gasteiger partial charge < -0.3 is 15.4 Å². The van der Waals surface area contributed by atoms with E-state index in [4.69, 9.17) is 11.6 Å². The monoisotopic (exact) mass is 278 g/mol. The standard InChI is InChI=1S/C15H19ClN2O/c16-12-2-4-14-11(9-18-15(14)6-12)8-17-7-10-1-3-13(19)5-10/h2,4,6,9-10,13,17-19H,1,3,5,7-8H2. The number of hydrogen-bond acceptors (Lipinski definition) is 2. The molecule has 3 N–H and O–H groups in total. The smallest absolute Gasteiger partial charge is 0.0543 e. The second-order valence-electron chi connectivity index (χ2n) is 5.47. The van der Waals surface area contributed by atoms with Crippen LogP contribution in [0.25, 0.3) is 10.9 Å². The molecule has 0 aliphatic heterocycles. The number of rotatable bonds is 4. The Kier molecular flexibility index (Phi) is 3.78. The molecule has 1 fully saturated rings. The van der Waals surface area contributed by atoms with Crippen LogP contribution in [0.1, 0.15) is 24.8 Å². The van der Waals surface area contributed by atoms with E-state index in [9.17, 15) is 5.11 Å². The van der Waals surface area contributed by atoms with Gasteiger partial charge in [0.25, 0.3) is 0 Å². The first-order chi connectivity index (χ1) is 9.22. The SMILES string of the molecule is OC1CCC(CNCc2c[nH]c3cc(Cl)ccc23)C1. The largest absolute Gasteiger partial charge is 0.393 e. The summed E-state index contributed by atoms with van der Waals surface area (Å²) in [6, 6.07) is 5.94. The minimum absolute atomic E-state index is 0.0815. The van der Waals surface area contributed by atoms with E-state index in [0.717, 1.165) is 42.9 Å². The maximum Gasteiger partial charge on any atom is 0.0543 e. The lowest BCUT2D eigenvalue weighted by Gasteiger charge is -2.10. The quantitative estimate of drug-likeness (QED) is 0.805. The molecule has 0 bridgehead atoms. The van der Waals surface area contributed by atoms with Crippen LogP contribution in [0.3, 0.4) is 0 Å². The molecule has 1 aromatic carbocycles. The fourth-order valence-electron chi connectivity index (χ4n) is 2.95. The van der Waals surface area contributed by atoms with Crippen molar-refractivity contribution in [1.82, 2.24) is 10.3 Å². The first kappa shape index (κ1) is 13.0. The Hall–Kier alpha value is -1.03. The first-order valence-corrected chi connectivity index (χ1v) is 7.24. The topological polar surface area (TPSA) is 48.0 Å². The van der Waals surface area contributed by atoms with E-state index in [1.807, 2.05) is 18.3 Å². The first-order valence-electron chi connectivity index (χ1n) is 6.86. The van der Waals surface area contributed by atoms with Gasteiger partial charge in [-0.2, -0.15) is 0 Å². The van der Waals surface area contributed by atoms with Gasteiger partial charge in [-0.05, 0) is 49.4 Å². The van der Waals surface area contributed by atoms with E-state index in [1.165, 1.54) is 10.9 Å². The van der Waals surface area contributed by atoms with Crippen LogP contribution in [-0.2, 0) is 6.54 Å².